The van der Waals surface area contributed by atoms with Gasteiger partial charge in [-0.1, -0.05) is 0 Å². The van der Waals surface area contributed by atoms with Gasteiger partial charge in [0.15, 0.2) is 6.29 Å². The van der Waals surface area contributed by atoms with E-state index in [4.69, 9.17) is 10.8 Å². The molecule has 1 heterocycles. The minimum atomic E-state index is -0.728. The van der Waals surface area contributed by atoms with Gasteiger partial charge in [0, 0.05) is 32.9 Å². The van der Waals surface area contributed by atoms with Crippen LogP contribution in [0.5, 0.6) is 0 Å². The van der Waals surface area contributed by atoms with E-state index in [1.54, 1.807) is 6.07 Å². The first-order chi connectivity index (χ1) is 9.95. The van der Waals surface area contributed by atoms with Crippen molar-refractivity contribution >= 4 is 29.3 Å². The van der Waals surface area contributed by atoms with Gasteiger partial charge in [-0.15, -0.1) is 0 Å². The number of hydrogen-bond donors (Lipinski definition) is 2. The van der Waals surface area contributed by atoms with Crippen molar-refractivity contribution in [3.8, 4) is 0 Å². The fraction of sp³-hybridized carbons (Fsp3) is 0.467. The summed E-state index contributed by atoms with van der Waals surface area (Å²) < 4.78 is 0. The first-order valence-electron chi connectivity index (χ1n) is 6.98. The highest BCUT2D eigenvalue weighted by atomic mass is 16.4. The molecule has 0 saturated carbocycles. The van der Waals surface area contributed by atoms with Crippen molar-refractivity contribution in [2.75, 3.05) is 42.7 Å². The number of carbonyl (C=O) groups excluding carboxylic acids is 1. The molecule has 1 saturated heterocycles. The molecule has 6 heteroatoms. The molecule has 0 aromatic heterocycles. The van der Waals surface area contributed by atoms with Crippen molar-refractivity contribution in [2.45, 2.75) is 12.8 Å². The molecule has 1 aromatic rings. The third-order valence-corrected chi connectivity index (χ3v) is 3.98. The molecule has 6 nitrogen and oxygen atoms in total. The summed E-state index contributed by atoms with van der Waals surface area (Å²) in [6, 6.07) is 3.63. The summed E-state index contributed by atoms with van der Waals surface area (Å²) in [4.78, 5) is 26.4. The van der Waals surface area contributed by atoms with Gasteiger partial charge in [-0.05, 0) is 25.0 Å². The Morgan fingerprint density at radius 2 is 2.00 bits per heavy atom. The Labute approximate surface area is 124 Å². The van der Waals surface area contributed by atoms with Gasteiger partial charge in [0.2, 0.25) is 0 Å². The molecule has 0 spiro atoms. The van der Waals surface area contributed by atoms with Gasteiger partial charge in [0.1, 0.15) is 0 Å². The number of carboxylic acid groups (broad SMARTS) is 1. The highest BCUT2D eigenvalue weighted by molar-refractivity contribution is 5.97. The van der Waals surface area contributed by atoms with Crippen LogP contribution in [0.1, 0.15) is 23.2 Å². The van der Waals surface area contributed by atoms with Crippen LogP contribution in [0.15, 0.2) is 12.1 Å². The fourth-order valence-corrected chi connectivity index (χ4v) is 2.83. The largest absolute Gasteiger partial charge is 0.481 e. The number of anilines is 3. The number of nitrogens with zero attached hydrogens (tertiary/aromatic N) is 2. The standard InChI is InChI=1S/C15H21N3O3/c1-17(2)14-11(9-19)12(16)3-4-13(14)18-7-5-10(6-8-18)15(20)21/h3-4,9-10H,5-8,16H2,1-2H3,(H,20,21). The van der Waals surface area contributed by atoms with E-state index in [0.29, 0.717) is 37.2 Å². The van der Waals surface area contributed by atoms with Gasteiger partial charge >= 0.3 is 5.97 Å². The molecule has 1 aliphatic rings. The van der Waals surface area contributed by atoms with E-state index in [9.17, 15) is 9.59 Å². The molecule has 1 aliphatic heterocycles. The maximum absolute atomic E-state index is 11.3. The summed E-state index contributed by atoms with van der Waals surface area (Å²) in [5.41, 5.74) is 8.54. The molecule has 1 fully saturated rings. The second kappa shape index (κ2) is 6.03. The van der Waals surface area contributed by atoms with Crippen LogP contribution in [-0.4, -0.2) is 44.5 Å². The summed E-state index contributed by atoms with van der Waals surface area (Å²) >= 11 is 0. The maximum Gasteiger partial charge on any atom is 0.306 e. The van der Waals surface area contributed by atoms with E-state index in [2.05, 4.69) is 4.90 Å². The third-order valence-electron chi connectivity index (χ3n) is 3.98. The number of aliphatic carboxylic acids is 1. The average Bonchev–Trinajstić information content (AvgIpc) is 2.46. The van der Waals surface area contributed by atoms with Gasteiger partial charge in [-0.2, -0.15) is 0 Å². The fourth-order valence-electron chi connectivity index (χ4n) is 2.83. The predicted molar refractivity (Wildman–Crippen MR) is 83.1 cm³/mol. The molecular weight excluding hydrogens is 270 g/mol. The average molecular weight is 291 g/mol. The number of hydrogen-bond acceptors (Lipinski definition) is 5. The highest BCUT2D eigenvalue weighted by Gasteiger charge is 2.27. The number of nitrogen functional groups attached to an aromatic ring is 1. The molecule has 3 N–H and O–H groups in total. The molecule has 0 bridgehead atoms. The Balaban J connectivity index is 2.32. The monoisotopic (exact) mass is 291 g/mol. The van der Waals surface area contributed by atoms with Crippen LogP contribution in [0.25, 0.3) is 0 Å². The molecule has 0 unspecified atom stereocenters. The first kappa shape index (κ1) is 15.2. The van der Waals surface area contributed by atoms with Crippen molar-refractivity contribution in [1.82, 2.24) is 0 Å². The van der Waals surface area contributed by atoms with E-state index in [0.717, 1.165) is 17.7 Å². The van der Waals surface area contributed by atoms with Crippen LogP contribution < -0.4 is 15.5 Å². The SMILES string of the molecule is CN(C)c1c(N2CCC(C(=O)O)CC2)ccc(N)c1C=O. The lowest BCUT2D eigenvalue weighted by atomic mass is 9.96. The topological polar surface area (TPSA) is 86.9 Å². The van der Waals surface area contributed by atoms with Crippen LogP contribution in [0.2, 0.25) is 0 Å². The van der Waals surface area contributed by atoms with Gasteiger partial charge in [-0.3, -0.25) is 9.59 Å². The van der Waals surface area contributed by atoms with Crippen LogP contribution in [0.4, 0.5) is 17.1 Å². The van der Waals surface area contributed by atoms with Gasteiger partial charge < -0.3 is 20.6 Å². The van der Waals surface area contributed by atoms with Crippen molar-refractivity contribution in [1.29, 1.82) is 0 Å². The first-order valence-corrected chi connectivity index (χ1v) is 6.98. The van der Waals surface area contributed by atoms with E-state index < -0.39 is 5.97 Å². The lowest BCUT2D eigenvalue weighted by molar-refractivity contribution is -0.142. The zero-order chi connectivity index (χ0) is 15.6. The number of rotatable bonds is 4. The molecule has 0 aliphatic carbocycles. The Hall–Kier alpha value is -2.24. The maximum atomic E-state index is 11.3. The number of aldehydes is 1. The van der Waals surface area contributed by atoms with Crippen molar-refractivity contribution < 1.29 is 14.7 Å². The number of benzene rings is 1. The minimum absolute atomic E-state index is 0.275. The van der Waals surface area contributed by atoms with Crippen molar-refractivity contribution in [3.63, 3.8) is 0 Å². The molecule has 21 heavy (non-hydrogen) atoms. The Morgan fingerprint density at radius 1 is 1.38 bits per heavy atom. The van der Waals surface area contributed by atoms with Crippen molar-refractivity contribution in [2.24, 2.45) is 5.92 Å². The zero-order valence-electron chi connectivity index (χ0n) is 12.4. The van der Waals surface area contributed by atoms with E-state index in [1.807, 2.05) is 25.1 Å². The number of piperidine rings is 1. The summed E-state index contributed by atoms with van der Waals surface area (Å²) in [6.45, 7) is 1.33. The lowest BCUT2D eigenvalue weighted by Crippen LogP contribution is -2.37. The Bertz CT molecular complexity index is 549. The Morgan fingerprint density at radius 3 is 2.48 bits per heavy atom. The molecule has 0 radical (unpaired) electrons. The van der Waals surface area contributed by atoms with E-state index in [1.165, 1.54) is 0 Å². The molecule has 1 aromatic carbocycles. The van der Waals surface area contributed by atoms with Gasteiger partial charge in [0.05, 0.1) is 22.9 Å². The van der Waals surface area contributed by atoms with Crippen LogP contribution in [0.3, 0.4) is 0 Å². The second-order valence-electron chi connectivity index (χ2n) is 5.55. The van der Waals surface area contributed by atoms with Gasteiger partial charge in [-0.25, -0.2) is 0 Å². The second-order valence-corrected chi connectivity index (χ2v) is 5.55. The lowest BCUT2D eigenvalue weighted by Gasteiger charge is -2.35. The highest BCUT2D eigenvalue weighted by Crippen LogP contribution is 2.36. The quantitative estimate of drug-likeness (QED) is 0.645. The third kappa shape index (κ3) is 2.94. The van der Waals surface area contributed by atoms with Crippen molar-refractivity contribution in [3.05, 3.63) is 17.7 Å². The normalized spacial score (nSPS) is 15.8. The number of carbonyl (C=O) groups is 2. The number of carboxylic acids is 1. The van der Waals surface area contributed by atoms with Gasteiger partial charge in [0.25, 0.3) is 0 Å². The zero-order valence-corrected chi connectivity index (χ0v) is 12.4. The molecule has 114 valence electrons. The summed E-state index contributed by atoms with van der Waals surface area (Å²) in [5.74, 6) is -1.00. The van der Waals surface area contributed by atoms with Crippen LogP contribution in [-0.2, 0) is 4.79 Å². The smallest absolute Gasteiger partial charge is 0.306 e. The molecule has 2 rings (SSSR count). The molecule has 0 atom stereocenters. The van der Waals surface area contributed by atoms with E-state index >= 15 is 0 Å². The minimum Gasteiger partial charge on any atom is -0.481 e. The summed E-state index contributed by atoms with van der Waals surface area (Å²) in [5, 5.41) is 9.07. The molecule has 0 amide bonds. The predicted octanol–water partition coefficient (Wildman–Crippen LogP) is 1.45. The summed E-state index contributed by atoms with van der Waals surface area (Å²) in [7, 11) is 3.74. The van der Waals surface area contributed by atoms with Crippen LogP contribution in [0, 0.1) is 5.92 Å². The summed E-state index contributed by atoms with van der Waals surface area (Å²) in [6.07, 6.45) is 2.00. The Kier molecular flexibility index (Phi) is 4.35. The van der Waals surface area contributed by atoms with Crippen LogP contribution >= 0.6 is 0 Å². The number of nitrogens with two attached hydrogens (primary N) is 1. The van der Waals surface area contributed by atoms with E-state index in [-0.39, 0.29) is 5.92 Å². The molecular formula is C15H21N3O3.